The molecule has 1 heterocycles. The highest BCUT2D eigenvalue weighted by molar-refractivity contribution is 6.30. The van der Waals surface area contributed by atoms with Crippen LogP contribution in [-0.4, -0.2) is 19.2 Å². The second-order valence-corrected chi connectivity index (χ2v) is 6.95. The molecule has 1 N–H and O–H groups in total. The molecule has 1 aromatic carbocycles. The fourth-order valence-electron chi connectivity index (χ4n) is 3.61. The summed E-state index contributed by atoms with van der Waals surface area (Å²) in [5, 5.41) is 4.49. The van der Waals surface area contributed by atoms with Gasteiger partial charge in [-0.25, -0.2) is 0 Å². The lowest BCUT2D eigenvalue weighted by Gasteiger charge is -2.35. The van der Waals surface area contributed by atoms with Gasteiger partial charge in [-0.15, -0.1) is 0 Å². The molecular formula is C17H24ClNO. The minimum absolute atomic E-state index is 0.133. The van der Waals surface area contributed by atoms with Crippen molar-refractivity contribution in [3.05, 3.63) is 34.9 Å². The van der Waals surface area contributed by atoms with E-state index in [1.807, 2.05) is 12.1 Å². The highest BCUT2D eigenvalue weighted by atomic mass is 35.5. The summed E-state index contributed by atoms with van der Waals surface area (Å²) in [5.41, 5.74) is 1.59. The second kappa shape index (κ2) is 6.05. The molecule has 1 aliphatic heterocycles. The van der Waals surface area contributed by atoms with Crippen molar-refractivity contribution < 1.29 is 4.74 Å². The summed E-state index contributed by atoms with van der Waals surface area (Å²) >= 11 is 5.98. The monoisotopic (exact) mass is 293 g/mol. The molecule has 0 aromatic heterocycles. The summed E-state index contributed by atoms with van der Waals surface area (Å²) in [6, 6.07) is 8.42. The van der Waals surface area contributed by atoms with Crippen LogP contribution >= 0.6 is 11.6 Å². The van der Waals surface area contributed by atoms with E-state index in [0.29, 0.717) is 11.5 Å². The number of rotatable bonds is 1. The fourth-order valence-corrected chi connectivity index (χ4v) is 3.73. The van der Waals surface area contributed by atoms with Gasteiger partial charge in [0.2, 0.25) is 0 Å². The molecule has 0 bridgehead atoms. The third-order valence-electron chi connectivity index (χ3n) is 4.93. The topological polar surface area (TPSA) is 21.3 Å². The highest BCUT2D eigenvalue weighted by Crippen LogP contribution is 2.39. The molecule has 2 aliphatic rings. The maximum atomic E-state index is 6.33. The van der Waals surface area contributed by atoms with Gasteiger partial charge in [0.05, 0.1) is 12.7 Å². The lowest BCUT2D eigenvalue weighted by molar-refractivity contribution is -0.0104. The first-order chi connectivity index (χ1) is 9.69. The van der Waals surface area contributed by atoms with E-state index in [4.69, 9.17) is 16.3 Å². The van der Waals surface area contributed by atoms with E-state index in [0.717, 1.165) is 18.2 Å². The number of benzene rings is 1. The van der Waals surface area contributed by atoms with Gasteiger partial charge in [0.15, 0.2) is 0 Å². The van der Waals surface area contributed by atoms with Crippen molar-refractivity contribution in [2.24, 2.45) is 5.41 Å². The Morgan fingerprint density at radius 2 is 1.85 bits per heavy atom. The molecule has 2 unspecified atom stereocenters. The van der Waals surface area contributed by atoms with Crippen molar-refractivity contribution in [2.75, 3.05) is 13.2 Å². The predicted octanol–water partition coefficient (Wildman–Crippen LogP) is 4.34. The van der Waals surface area contributed by atoms with Crippen molar-refractivity contribution >= 4 is 11.6 Å². The maximum absolute atomic E-state index is 6.33. The van der Waals surface area contributed by atoms with Crippen LogP contribution < -0.4 is 5.32 Å². The Morgan fingerprint density at radius 1 is 1.15 bits per heavy atom. The number of hydrogen-bond donors (Lipinski definition) is 1. The SMILES string of the molecule is CC1NCC2(CCCCC2)COC1c1ccc(Cl)cc1. The van der Waals surface area contributed by atoms with Gasteiger partial charge >= 0.3 is 0 Å². The molecule has 1 spiro atoms. The molecule has 110 valence electrons. The van der Waals surface area contributed by atoms with E-state index < -0.39 is 0 Å². The molecule has 1 aliphatic carbocycles. The maximum Gasteiger partial charge on any atom is 0.0975 e. The largest absolute Gasteiger partial charge is 0.371 e. The van der Waals surface area contributed by atoms with E-state index in [1.54, 1.807) is 0 Å². The van der Waals surface area contributed by atoms with Crippen molar-refractivity contribution in [3.8, 4) is 0 Å². The van der Waals surface area contributed by atoms with Gasteiger partial charge in [-0.3, -0.25) is 0 Å². The Labute approximate surface area is 126 Å². The van der Waals surface area contributed by atoms with Crippen LogP contribution in [0.3, 0.4) is 0 Å². The minimum atomic E-state index is 0.133. The average Bonchev–Trinajstić information content (AvgIpc) is 2.62. The van der Waals surface area contributed by atoms with E-state index >= 15 is 0 Å². The first-order valence-electron chi connectivity index (χ1n) is 7.79. The molecule has 2 fully saturated rings. The van der Waals surface area contributed by atoms with Crippen LogP contribution in [-0.2, 0) is 4.74 Å². The molecule has 1 saturated carbocycles. The standard InChI is InChI=1S/C17H24ClNO/c1-13-16(14-5-7-15(18)8-6-14)20-12-17(11-19-13)9-3-2-4-10-17/h5-8,13,16,19H,2-4,9-12H2,1H3. The number of hydrogen-bond acceptors (Lipinski definition) is 2. The first kappa shape index (κ1) is 14.4. The third-order valence-corrected chi connectivity index (χ3v) is 5.19. The van der Waals surface area contributed by atoms with Crippen molar-refractivity contribution in [1.82, 2.24) is 5.32 Å². The smallest absolute Gasteiger partial charge is 0.0975 e. The minimum Gasteiger partial charge on any atom is -0.371 e. The third kappa shape index (κ3) is 3.03. The zero-order chi connectivity index (χ0) is 14.0. The summed E-state index contributed by atoms with van der Waals surface area (Å²) in [7, 11) is 0. The van der Waals surface area contributed by atoms with Crippen molar-refractivity contribution in [3.63, 3.8) is 0 Å². The second-order valence-electron chi connectivity index (χ2n) is 6.51. The van der Waals surface area contributed by atoms with E-state index in [9.17, 15) is 0 Å². The number of ether oxygens (including phenoxy) is 1. The van der Waals surface area contributed by atoms with Crippen LogP contribution in [0, 0.1) is 5.41 Å². The molecule has 1 saturated heterocycles. The van der Waals surface area contributed by atoms with Gasteiger partial charge in [0.25, 0.3) is 0 Å². The molecule has 2 atom stereocenters. The number of halogens is 1. The number of nitrogens with one attached hydrogen (secondary N) is 1. The zero-order valence-electron chi connectivity index (χ0n) is 12.2. The average molecular weight is 294 g/mol. The Morgan fingerprint density at radius 3 is 2.55 bits per heavy atom. The van der Waals surface area contributed by atoms with Gasteiger partial charge in [0, 0.05) is 23.0 Å². The zero-order valence-corrected chi connectivity index (χ0v) is 13.0. The Balaban J connectivity index is 1.75. The molecule has 0 amide bonds. The Hall–Kier alpha value is -0.570. The molecule has 20 heavy (non-hydrogen) atoms. The summed E-state index contributed by atoms with van der Waals surface area (Å²) in [6.07, 6.45) is 6.84. The molecule has 0 radical (unpaired) electrons. The van der Waals surface area contributed by atoms with Crippen molar-refractivity contribution in [1.29, 1.82) is 0 Å². The fraction of sp³-hybridized carbons (Fsp3) is 0.647. The molecule has 1 aromatic rings. The summed E-state index contributed by atoms with van der Waals surface area (Å²) in [4.78, 5) is 0. The van der Waals surface area contributed by atoms with Gasteiger partial charge < -0.3 is 10.1 Å². The normalized spacial score (nSPS) is 30.1. The van der Waals surface area contributed by atoms with E-state index in [-0.39, 0.29) is 6.10 Å². The van der Waals surface area contributed by atoms with Crippen LogP contribution in [0.4, 0.5) is 0 Å². The molecule has 3 heteroatoms. The van der Waals surface area contributed by atoms with Gasteiger partial charge in [-0.05, 0) is 37.5 Å². The summed E-state index contributed by atoms with van der Waals surface area (Å²) in [6.45, 7) is 4.21. The van der Waals surface area contributed by atoms with Crippen LogP contribution in [0.25, 0.3) is 0 Å². The first-order valence-corrected chi connectivity index (χ1v) is 8.17. The van der Waals surface area contributed by atoms with Crippen LogP contribution in [0.1, 0.15) is 50.7 Å². The molecular weight excluding hydrogens is 270 g/mol. The van der Waals surface area contributed by atoms with Gasteiger partial charge in [-0.2, -0.15) is 0 Å². The lowest BCUT2D eigenvalue weighted by Crippen LogP contribution is -2.39. The van der Waals surface area contributed by atoms with Crippen LogP contribution in [0.2, 0.25) is 5.02 Å². The quantitative estimate of drug-likeness (QED) is 0.831. The predicted molar refractivity (Wildman–Crippen MR) is 83.1 cm³/mol. The Kier molecular flexibility index (Phi) is 4.34. The lowest BCUT2D eigenvalue weighted by atomic mass is 9.74. The molecule has 2 nitrogen and oxygen atoms in total. The van der Waals surface area contributed by atoms with Crippen molar-refractivity contribution in [2.45, 2.75) is 51.2 Å². The van der Waals surface area contributed by atoms with Gasteiger partial charge in [0.1, 0.15) is 0 Å². The Bertz CT molecular complexity index is 439. The van der Waals surface area contributed by atoms with Crippen LogP contribution in [0.5, 0.6) is 0 Å². The van der Waals surface area contributed by atoms with E-state index in [1.165, 1.54) is 37.7 Å². The highest BCUT2D eigenvalue weighted by Gasteiger charge is 2.37. The van der Waals surface area contributed by atoms with Gasteiger partial charge in [-0.1, -0.05) is 43.0 Å². The summed E-state index contributed by atoms with van der Waals surface area (Å²) < 4.78 is 6.33. The van der Waals surface area contributed by atoms with Crippen LogP contribution in [0.15, 0.2) is 24.3 Å². The molecule has 3 rings (SSSR count). The summed E-state index contributed by atoms with van der Waals surface area (Å²) in [5.74, 6) is 0. The van der Waals surface area contributed by atoms with E-state index in [2.05, 4.69) is 24.4 Å².